The van der Waals surface area contributed by atoms with Gasteiger partial charge in [0.15, 0.2) is 0 Å². The van der Waals surface area contributed by atoms with E-state index in [0.717, 1.165) is 5.75 Å². The highest BCUT2D eigenvalue weighted by atomic mass is 32.2. The summed E-state index contributed by atoms with van der Waals surface area (Å²) in [5.41, 5.74) is -3.04. The second-order valence-corrected chi connectivity index (χ2v) is 8.36. The van der Waals surface area contributed by atoms with E-state index in [4.69, 9.17) is 17.7 Å². The van der Waals surface area contributed by atoms with Crippen molar-refractivity contribution in [1.29, 1.82) is 0 Å². The Hall–Kier alpha value is -2.43. The molecule has 0 spiro atoms. The minimum absolute atomic E-state index is 0.895. The van der Waals surface area contributed by atoms with E-state index in [0.29, 0.717) is 0 Å². The normalized spacial score (nSPS) is 12.2. The lowest BCUT2D eigenvalue weighted by Gasteiger charge is -2.02. The first kappa shape index (κ1) is 20.3. The molecule has 0 fully saturated rings. The van der Waals surface area contributed by atoms with Gasteiger partial charge >= 0.3 is 15.6 Å². The standard InChI is InChI=1S/C17H14NOS.CHF3O3S/c1-18-14-10-12(19-2)8-7-11(14)9-16-17(18)13-5-3-4-6-15(13)20-16;2-1(3,4)8(5,6)7/h3-10H,1-2H3;(H,5,6,7)/q+1;. The van der Waals surface area contributed by atoms with E-state index in [-0.39, 0.29) is 0 Å². The van der Waals surface area contributed by atoms with Gasteiger partial charge in [0.25, 0.3) is 0 Å². The maximum Gasteiger partial charge on any atom is 0.522 e. The second kappa shape index (κ2) is 7.19. The van der Waals surface area contributed by atoms with Crippen molar-refractivity contribution in [3.8, 4) is 5.75 Å². The Kier molecular flexibility index (Phi) is 5.22. The third-order valence-electron chi connectivity index (χ3n) is 4.11. The smallest absolute Gasteiger partial charge is 0.497 e. The number of benzene rings is 2. The first-order chi connectivity index (χ1) is 13.0. The third-order valence-corrected chi connectivity index (χ3v) is 5.80. The Morgan fingerprint density at radius 1 is 1.07 bits per heavy atom. The number of aromatic nitrogens is 1. The van der Waals surface area contributed by atoms with Crippen molar-refractivity contribution in [1.82, 2.24) is 0 Å². The van der Waals surface area contributed by atoms with Crippen LogP contribution >= 0.6 is 11.3 Å². The molecule has 0 atom stereocenters. The molecule has 2 aromatic heterocycles. The molecule has 2 heterocycles. The van der Waals surface area contributed by atoms with E-state index in [1.807, 2.05) is 17.4 Å². The highest BCUT2D eigenvalue weighted by Gasteiger charge is 2.44. The molecule has 0 unspecified atom stereocenters. The van der Waals surface area contributed by atoms with Crippen LogP contribution in [0.1, 0.15) is 0 Å². The first-order valence-corrected chi connectivity index (χ1v) is 10.1. The third kappa shape index (κ3) is 3.75. The van der Waals surface area contributed by atoms with Crippen molar-refractivity contribution >= 4 is 52.7 Å². The summed E-state index contributed by atoms with van der Waals surface area (Å²) in [5, 5.41) is 2.56. The summed E-state index contributed by atoms with van der Waals surface area (Å²) in [5.74, 6) is 0.895. The Bertz CT molecular complexity index is 1280. The number of hydrogen-bond donors (Lipinski definition) is 1. The highest BCUT2D eigenvalue weighted by Crippen LogP contribution is 2.33. The zero-order valence-corrected chi connectivity index (χ0v) is 16.3. The lowest BCUT2D eigenvalue weighted by Crippen LogP contribution is -2.29. The molecule has 5 nitrogen and oxygen atoms in total. The fourth-order valence-electron chi connectivity index (χ4n) is 2.82. The number of rotatable bonds is 1. The van der Waals surface area contributed by atoms with Crippen molar-refractivity contribution in [2.75, 3.05) is 7.11 Å². The van der Waals surface area contributed by atoms with E-state index in [1.54, 1.807) is 7.11 Å². The van der Waals surface area contributed by atoms with Crippen LogP contribution in [0, 0.1) is 0 Å². The van der Waals surface area contributed by atoms with Gasteiger partial charge in [-0.05, 0) is 30.3 Å². The molecular weight excluding hydrogens is 415 g/mol. The molecule has 2 aromatic carbocycles. The van der Waals surface area contributed by atoms with Crippen molar-refractivity contribution < 1.29 is 35.4 Å². The van der Waals surface area contributed by atoms with Gasteiger partial charge in [0, 0.05) is 10.1 Å². The molecule has 0 bridgehead atoms. The van der Waals surface area contributed by atoms with Gasteiger partial charge in [0.2, 0.25) is 11.0 Å². The zero-order chi connectivity index (χ0) is 20.7. The maximum absolute atomic E-state index is 10.7. The number of alkyl halides is 3. The Morgan fingerprint density at radius 3 is 2.32 bits per heavy atom. The molecule has 4 rings (SSSR count). The Morgan fingerprint density at radius 2 is 1.71 bits per heavy atom. The molecule has 0 aliphatic carbocycles. The van der Waals surface area contributed by atoms with Crippen LogP contribution < -0.4 is 9.30 Å². The van der Waals surface area contributed by atoms with E-state index in [1.165, 1.54) is 31.2 Å². The van der Waals surface area contributed by atoms with E-state index in [9.17, 15) is 13.2 Å². The minimum atomic E-state index is -5.84. The summed E-state index contributed by atoms with van der Waals surface area (Å²) in [7, 11) is -2.00. The topological polar surface area (TPSA) is 67.5 Å². The molecular formula is C18H15F3NO4S2+. The van der Waals surface area contributed by atoms with Gasteiger partial charge in [-0.1, -0.05) is 12.1 Å². The van der Waals surface area contributed by atoms with Crippen LogP contribution in [-0.4, -0.2) is 25.6 Å². The minimum Gasteiger partial charge on any atom is -0.497 e. The number of methoxy groups -OCH3 is 1. The number of ether oxygens (including phenoxy) is 1. The van der Waals surface area contributed by atoms with E-state index >= 15 is 0 Å². The fraction of sp³-hybridized carbons (Fsp3) is 0.167. The van der Waals surface area contributed by atoms with Crippen LogP contribution in [0.25, 0.3) is 31.2 Å². The van der Waals surface area contributed by atoms with Crippen LogP contribution in [-0.2, 0) is 17.2 Å². The largest absolute Gasteiger partial charge is 0.522 e. The Labute approximate surface area is 162 Å². The molecule has 28 heavy (non-hydrogen) atoms. The molecule has 0 aliphatic rings. The summed E-state index contributed by atoms with van der Waals surface area (Å²) in [6, 6.07) is 17.1. The molecule has 1 N–H and O–H groups in total. The van der Waals surface area contributed by atoms with E-state index < -0.39 is 15.6 Å². The highest BCUT2D eigenvalue weighted by molar-refractivity contribution is 7.86. The molecule has 0 saturated heterocycles. The number of hydrogen-bond acceptors (Lipinski definition) is 4. The summed E-state index contributed by atoms with van der Waals surface area (Å²) in [6.07, 6.45) is 0. The van der Waals surface area contributed by atoms with Gasteiger partial charge in [0.05, 0.1) is 18.6 Å². The van der Waals surface area contributed by atoms with Gasteiger partial charge in [-0.2, -0.15) is 26.2 Å². The predicted octanol–water partition coefficient (Wildman–Crippen LogP) is 4.43. The lowest BCUT2D eigenvalue weighted by molar-refractivity contribution is -0.616. The van der Waals surface area contributed by atoms with Crippen molar-refractivity contribution in [3.63, 3.8) is 0 Å². The number of aryl methyl sites for hydroxylation is 1. The van der Waals surface area contributed by atoms with Crippen LogP contribution in [0.4, 0.5) is 13.2 Å². The number of fused-ring (bicyclic) bond motifs is 4. The number of halogens is 3. The van der Waals surface area contributed by atoms with Crippen molar-refractivity contribution in [2.45, 2.75) is 5.51 Å². The SMILES string of the molecule is COc1ccc2cc3sc4ccccc4c3[n+](C)c2c1.O=S(=O)(O)C(F)(F)F. The number of pyridine rings is 1. The Balaban J connectivity index is 0.000000242. The molecule has 0 radical (unpaired) electrons. The average molecular weight is 430 g/mol. The summed E-state index contributed by atoms with van der Waals surface area (Å²) in [6.45, 7) is 0. The molecule has 148 valence electrons. The maximum atomic E-state index is 10.7. The molecule has 10 heteroatoms. The van der Waals surface area contributed by atoms with Crippen LogP contribution in [0.3, 0.4) is 0 Å². The quantitative estimate of drug-likeness (QED) is 0.276. The lowest BCUT2D eigenvalue weighted by atomic mass is 10.1. The summed E-state index contributed by atoms with van der Waals surface area (Å²) in [4.78, 5) is 0. The molecule has 4 aromatic rings. The van der Waals surface area contributed by atoms with E-state index in [2.05, 4.69) is 54.1 Å². The number of nitrogens with zero attached hydrogens (tertiary/aromatic N) is 1. The monoisotopic (exact) mass is 430 g/mol. The van der Waals surface area contributed by atoms with Gasteiger partial charge in [-0.25, -0.2) is 0 Å². The van der Waals surface area contributed by atoms with Gasteiger partial charge in [-0.3, -0.25) is 4.55 Å². The van der Waals surface area contributed by atoms with Crippen LogP contribution in [0.15, 0.2) is 48.5 Å². The van der Waals surface area contributed by atoms with Crippen molar-refractivity contribution in [2.24, 2.45) is 7.05 Å². The number of thiophene rings is 1. The molecule has 0 saturated carbocycles. The predicted molar refractivity (Wildman–Crippen MR) is 102 cm³/mol. The van der Waals surface area contributed by atoms with Crippen molar-refractivity contribution in [3.05, 3.63) is 48.5 Å². The van der Waals surface area contributed by atoms with Gasteiger partial charge < -0.3 is 4.74 Å². The fourth-order valence-corrected chi connectivity index (χ4v) is 4.01. The van der Waals surface area contributed by atoms with Gasteiger partial charge in [0.1, 0.15) is 17.5 Å². The van der Waals surface area contributed by atoms with Gasteiger partial charge in [-0.15, -0.1) is 11.3 Å². The van der Waals surface area contributed by atoms with Crippen LogP contribution in [0.2, 0.25) is 0 Å². The summed E-state index contributed by atoms with van der Waals surface area (Å²) < 4.78 is 67.8. The molecule has 0 aliphatic heterocycles. The average Bonchev–Trinajstić information content (AvgIpc) is 2.99. The van der Waals surface area contributed by atoms with Crippen LogP contribution in [0.5, 0.6) is 5.75 Å². The first-order valence-electron chi connectivity index (χ1n) is 7.84. The summed E-state index contributed by atoms with van der Waals surface area (Å²) >= 11 is 1.85. The second-order valence-electron chi connectivity index (χ2n) is 5.86. The molecule has 0 amide bonds. The zero-order valence-electron chi connectivity index (χ0n) is 14.7.